The van der Waals surface area contributed by atoms with Crippen LogP contribution in [0, 0.1) is 5.92 Å². The molecular formula is C8H12BrN3S. The summed E-state index contributed by atoms with van der Waals surface area (Å²) >= 11 is 4.82. The summed E-state index contributed by atoms with van der Waals surface area (Å²) in [4.78, 5) is 2.45. The Bertz CT molecular complexity index is 252. The molecule has 1 atom stereocenters. The summed E-state index contributed by atoms with van der Waals surface area (Å²) in [5.41, 5.74) is 1.11. The van der Waals surface area contributed by atoms with Crippen LogP contribution in [0.1, 0.15) is 12.1 Å². The van der Waals surface area contributed by atoms with Crippen LogP contribution in [-0.4, -0.2) is 32.1 Å². The van der Waals surface area contributed by atoms with Gasteiger partial charge in [-0.15, -0.1) is 0 Å². The molecule has 2 rings (SSSR count). The molecule has 1 aromatic heterocycles. The second-order valence-corrected chi connectivity index (χ2v) is 4.65. The van der Waals surface area contributed by atoms with Crippen molar-refractivity contribution in [3.8, 4) is 0 Å². The van der Waals surface area contributed by atoms with Gasteiger partial charge in [0, 0.05) is 18.4 Å². The number of likely N-dealkylation sites (tertiary alicyclic amines) is 1. The number of hydrogen-bond acceptors (Lipinski definition) is 4. The van der Waals surface area contributed by atoms with Gasteiger partial charge in [-0.2, -0.15) is 8.75 Å². The van der Waals surface area contributed by atoms with Crippen LogP contribution in [0.15, 0.2) is 6.20 Å². The number of alkyl halides is 1. The molecule has 0 saturated carbocycles. The molecule has 1 aliphatic rings. The number of rotatable bonds is 3. The third-order valence-electron chi connectivity index (χ3n) is 2.38. The van der Waals surface area contributed by atoms with E-state index in [0.29, 0.717) is 0 Å². The number of hydrogen-bond donors (Lipinski definition) is 0. The Balaban J connectivity index is 1.84. The van der Waals surface area contributed by atoms with E-state index >= 15 is 0 Å². The van der Waals surface area contributed by atoms with Gasteiger partial charge in [-0.1, -0.05) is 15.9 Å². The number of aromatic nitrogens is 2. The fourth-order valence-corrected chi connectivity index (χ4v) is 2.62. The highest BCUT2D eigenvalue weighted by atomic mass is 79.9. The summed E-state index contributed by atoms with van der Waals surface area (Å²) in [7, 11) is 0. The third-order valence-corrected chi connectivity index (χ3v) is 3.81. The summed E-state index contributed by atoms with van der Waals surface area (Å²) in [5, 5.41) is 1.12. The van der Waals surface area contributed by atoms with Gasteiger partial charge in [0.2, 0.25) is 0 Å². The Kier molecular flexibility index (Phi) is 3.29. The normalized spacial score (nSPS) is 23.9. The number of halogens is 1. The number of nitrogens with zero attached hydrogens (tertiary/aromatic N) is 3. The Morgan fingerprint density at radius 3 is 3.23 bits per heavy atom. The fourth-order valence-electron chi connectivity index (χ4n) is 1.67. The molecule has 1 aliphatic heterocycles. The molecule has 72 valence electrons. The zero-order valence-electron chi connectivity index (χ0n) is 7.32. The van der Waals surface area contributed by atoms with E-state index in [2.05, 4.69) is 29.6 Å². The fraction of sp³-hybridized carbons (Fsp3) is 0.750. The van der Waals surface area contributed by atoms with Crippen LogP contribution in [0.25, 0.3) is 0 Å². The minimum atomic E-state index is 0.826. The van der Waals surface area contributed by atoms with Crippen LogP contribution in [0.3, 0.4) is 0 Å². The van der Waals surface area contributed by atoms with Crippen molar-refractivity contribution >= 4 is 27.7 Å². The summed E-state index contributed by atoms with van der Waals surface area (Å²) < 4.78 is 8.21. The molecule has 0 aromatic carbocycles. The van der Waals surface area contributed by atoms with Gasteiger partial charge in [0.15, 0.2) is 0 Å². The Morgan fingerprint density at radius 2 is 2.62 bits per heavy atom. The predicted octanol–water partition coefficient (Wildman–Crippen LogP) is 1.75. The van der Waals surface area contributed by atoms with Crippen LogP contribution in [0.4, 0.5) is 0 Å². The first-order chi connectivity index (χ1) is 6.38. The topological polar surface area (TPSA) is 29.0 Å². The second kappa shape index (κ2) is 4.48. The molecule has 1 saturated heterocycles. The van der Waals surface area contributed by atoms with E-state index in [1.807, 2.05) is 6.20 Å². The average molecular weight is 262 g/mol. The molecule has 3 nitrogen and oxygen atoms in total. The summed E-state index contributed by atoms with van der Waals surface area (Å²) in [5.74, 6) is 0.826. The quantitative estimate of drug-likeness (QED) is 0.777. The van der Waals surface area contributed by atoms with Crippen LogP contribution in [0.5, 0.6) is 0 Å². The van der Waals surface area contributed by atoms with E-state index in [1.54, 1.807) is 0 Å². The van der Waals surface area contributed by atoms with Crippen LogP contribution >= 0.6 is 27.7 Å². The largest absolute Gasteiger partial charge is 0.297 e. The van der Waals surface area contributed by atoms with Crippen molar-refractivity contribution in [2.75, 3.05) is 18.4 Å². The highest BCUT2D eigenvalue weighted by Gasteiger charge is 2.21. The van der Waals surface area contributed by atoms with Crippen molar-refractivity contribution in [1.82, 2.24) is 13.6 Å². The maximum atomic E-state index is 4.21. The van der Waals surface area contributed by atoms with Gasteiger partial charge in [-0.25, -0.2) is 0 Å². The first-order valence-corrected chi connectivity index (χ1v) is 6.28. The van der Waals surface area contributed by atoms with Crippen molar-refractivity contribution in [1.29, 1.82) is 0 Å². The Morgan fingerprint density at radius 1 is 1.69 bits per heavy atom. The minimum absolute atomic E-state index is 0.826. The maximum Gasteiger partial charge on any atom is 0.0883 e. The first-order valence-electron chi connectivity index (χ1n) is 4.43. The van der Waals surface area contributed by atoms with Gasteiger partial charge in [0.05, 0.1) is 23.6 Å². The van der Waals surface area contributed by atoms with Gasteiger partial charge in [0.1, 0.15) is 0 Å². The van der Waals surface area contributed by atoms with Crippen LogP contribution < -0.4 is 0 Å². The van der Waals surface area contributed by atoms with Crippen molar-refractivity contribution in [3.63, 3.8) is 0 Å². The van der Waals surface area contributed by atoms with E-state index in [0.717, 1.165) is 23.5 Å². The van der Waals surface area contributed by atoms with Gasteiger partial charge in [-0.05, 0) is 18.9 Å². The second-order valence-electron chi connectivity index (χ2n) is 3.44. The van der Waals surface area contributed by atoms with E-state index in [4.69, 9.17) is 0 Å². The van der Waals surface area contributed by atoms with Gasteiger partial charge in [0.25, 0.3) is 0 Å². The van der Waals surface area contributed by atoms with Gasteiger partial charge in [-0.3, -0.25) is 4.90 Å². The smallest absolute Gasteiger partial charge is 0.0883 e. The summed E-state index contributed by atoms with van der Waals surface area (Å²) in [6.45, 7) is 3.37. The van der Waals surface area contributed by atoms with Crippen LogP contribution in [0.2, 0.25) is 0 Å². The molecular weight excluding hydrogens is 250 g/mol. The molecule has 0 N–H and O–H groups in total. The molecule has 0 bridgehead atoms. The molecule has 0 radical (unpaired) electrons. The molecule has 13 heavy (non-hydrogen) atoms. The monoisotopic (exact) mass is 261 g/mol. The molecule has 0 amide bonds. The van der Waals surface area contributed by atoms with Crippen LogP contribution in [-0.2, 0) is 6.54 Å². The van der Waals surface area contributed by atoms with Crippen molar-refractivity contribution in [2.24, 2.45) is 5.92 Å². The molecule has 0 spiro atoms. The van der Waals surface area contributed by atoms with Crippen molar-refractivity contribution < 1.29 is 0 Å². The molecule has 1 aromatic rings. The third kappa shape index (κ3) is 2.48. The standard InChI is InChI=1S/C8H12BrN3S/c9-3-7-1-2-12(5-7)6-8-4-10-13-11-8/h4,7H,1-3,5-6H2. The zero-order valence-corrected chi connectivity index (χ0v) is 9.72. The maximum absolute atomic E-state index is 4.21. The summed E-state index contributed by atoms with van der Waals surface area (Å²) in [6, 6.07) is 0. The van der Waals surface area contributed by atoms with E-state index in [-0.39, 0.29) is 0 Å². The SMILES string of the molecule is BrCC1CCN(Cc2cnsn2)C1. The molecule has 1 unspecified atom stereocenters. The average Bonchev–Trinajstić information content (AvgIpc) is 2.76. The molecule has 1 fully saturated rings. The Labute approximate surface area is 90.6 Å². The van der Waals surface area contributed by atoms with E-state index in [1.165, 1.54) is 31.2 Å². The molecule has 2 heterocycles. The lowest BCUT2D eigenvalue weighted by atomic mass is 10.2. The lowest BCUT2D eigenvalue weighted by Gasteiger charge is -2.12. The van der Waals surface area contributed by atoms with E-state index < -0.39 is 0 Å². The lowest BCUT2D eigenvalue weighted by molar-refractivity contribution is 0.318. The highest BCUT2D eigenvalue weighted by Crippen LogP contribution is 2.19. The van der Waals surface area contributed by atoms with E-state index in [9.17, 15) is 0 Å². The highest BCUT2D eigenvalue weighted by molar-refractivity contribution is 9.09. The molecule has 5 heteroatoms. The zero-order chi connectivity index (χ0) is 9.10. The van der Waals surface area contributed by atoms with Gasteiger partial charge >= 0.3 is 0 Å². The summed E-state index contributed by atoms with van der Waals surface area (Å²) in [6.07, 6.45) is 3.18. The van der Waals surface area contributed by atoms with Crippen molar-refractivity contribution in [2.45, 2.75) is 13.0 Å². The Hall–Kier alpha value is -0.0000000000000000278. The van der Waals surface area contributed by atoms with Gasteiger partial charge < -0.3 is 0 Å². The lowest BCUT2D eigenvalue weighted by Crippen LogP contribution is -2.20. The first kappa shape index (κ1) is 9.55. The predicted molar refractivity (Wildman–Crippen MR) is 57.1 cm³/mol. The van der Waals surface area contributed by atoms with Crippen molar-refractivity contribution in [3.05, 3.63) is 11.9 Å². The molecule has 0 aliphatic carbocycles. The minimum Gasteiger partial charge on any atom is -0.297 e.